The van der Waals surface area contributed by atoms with Crippen LogP contribution >= 0.6 is 0 Å². The predicted octanol–water partition coefficient (Wildman–Crippen LogP) is 1.90. The summed E-state index contributed by atoms with van der Waals surface area (Å²) in [5.74, 6) is 1.40. The van der Waals surface area contributed by atoms with Gasteiger partial charge >= 0.3 is 7.69 Å². The first-order chi connectivity index (χ1) is 8.38. The normalized spacial score (nSPS) is 9.71. The molecule has 17 heavy (non-hydrogen) atoms. The van der Waals surface area contributed by atoms with Crippen LogP contribution in [0, 0.1) is 0 Å². The van der Waals surface area contributed by atoms with E-state index in [1.807, 2.05) is 42.5 Å². The zero-order valence-corrected chi connectivity index (χ0v) is 9.37. The van der Waals surface area contributed by atoms with Crippen LogP contribution in [-0.2, 0) is 6.61 Å². The molecule has 0 aliphatic heterocycles. The molecule has 0 saturated carbocycles. The predicted molar refractivity (Wildman–Crippen MR) is 67.2 cm³/mol. The Morgan fingerprint density at radius 1 is 0.882 bits per heavy atom. The fraction of sp³-hybridized carbons (Fsp3) is 0.0769. The monoisotopic (exact) mass is 228 g/mol. The molecule has 0 atom stereocenters. The zero-order valence-electron chi connectivity index (χ0n) is 9.37. The molecule has 0 amide bonds. The van der Waals surface area contributed by atoms with Crippen LogP contribution in [0.25, 0.3) is 0 Å². The largest absolute Gasteiger partial charge is 0.539 e. The fourth-order valence-electron chi connectivity index (χ4n) is 1.45. The Bertz CT molecular complexity index is 442. The topological polar surface area (TPSA) is 38.7 Å². The Kier molecular flexibility index (Phi) is 4.05. The van der Waals surface area contributed by atoms with Crippen molar-refractivity contribution in [2.75, 3.05) is 0 Å². The van der Waals surface area contributed by atoms with E-state index in [9.17, 15) is 0 Å². The van der Waals surface area contributed by atoms with Crippen molar-refractivity contribution in [3.8, 4) is 11.5 Å². The molecule has 4 heteroatoms. The van der Waals surface area contributed by atoms with Gasteiger partial charge in [-0.25, -0.2) is 0 Å². The van der Waals surface area contributed by atoms with Crippen molar-refractivity contribution in [1.82, 2.24) is 0 Å². The Morgan fingerprint density at radius 3 is 2.18 bits per heavy atom. The van der Waals surface area contributed by atoms with Crippen LogP contribution in [0.5, 0.6) is 11.5 Å². The first kappa shape index (κ1) is 11.5. The van der Waals surface area contributed by atoms with Gasteiger partial charge < -0.3 is 14.4 Å². The second-order valence-corrected chi connectivity index (χ2v) is 3.52. The maximum Gasteiger partial charge on any atom is 0.504 e. The van der Waals surface area contributed by atoms with E-state index in [4.69, 9.17) is 14.4 Å². The summed E-state index contributed by atoms with van der Waals surface area (Å²) in [4.78, 5) is 0. The summed E-state index contributed by atoms with van der Waals surface area (Å²) in [5.41, 5.74) is 1.13. The van der Waals surface area contributed by atoms with E-state index in [0.717, 1.165) is 11.3 Å². The first-order valence-electron chi connectivity index (χ1n) is 5.39. The second-order valence-electron chi connectivity index (χ2n) is 3.52. The number of hydrogen-bond donors (Lipinski definition) is 1. The molecular weight excluding hydrogens is 215 g/mol. The zero-order chi connectivity index (χ0) is 11.9. The third kappa shape index (κ3) is 3.54. The lowest BCUT2D eigenvalue weighted by Crippen LogP contribution is -1.99. The Hall–Kier alpha value is -1.94. The third-order valence-corrected chi connectivity index (χ3v) is 2.30. The molecule has 1 N–H and O–H groups in total. The van der Waals surface area contributed by atoms with Crippen molar-refractivity contribution < 1.29 is 14.4 Å². The van der Waals surface area contributed by atoms with Crippen LogP contribution < -0.4 is 9.39 Å². The van der Waals surface area contributed by atoms with Crippen molar-refractivity contribution in [2.24, 2.45) is 0 Å². The van der Waals surface area contributed by atoms with Crippen LogP contribution in [0.15, 0.2) is 54.6 Å². The minimum absolute atomic E-state index is 0.315. The molecule has 3 nitrogen and oxygen atoms in total. The molecule has 0 heterocycles. The highest BCUT2D eigenvalue weighted by molar-refractivity contribution is 6.17. The molecule has 0 aromatic heterocycles. The van der Waals surface area contributed by atoms with Gasteiger partial charge in [-0.2, -0.15) is 0 Å². The van der Waals surface area contributed by atoms with Gasteiger partial charge in [-0.05, 0) is 29.8 Å². The molecule has 0 fully saturated rings. The van der Waals surface area contributed by atoms with Crippen LogP contribution in [0.3, 0.4) is 0 Å². The molecule has 2 aromatic rings. The Labute approximate surface area is 101 Å². The Balaban J connectivity index is 1.91. The number of hydrogen-bond acceptors (Lipinski definition) is 3. The first-order valence-corrected chi connectivity index (χ1v) is 5.39. The molecule has 0 unspecified atom stereocenters. The summed E-state index contributed by atoms with van der Waals surface area (Å²) in [6.45, 7) is 0.543. The van der Waals surface area contributed by atoms with E-state index in [1.165, 1.54) is 0 Å². The van der Waals surface area contributed by atoms with Crippen molar-refractivity contribution >= 4 is 7.69 Å². The SMILES string of the molecule is OBOc1ccc(OCc2ccccc2)cc1. The van der Waals surface area contributed by atoms with Gasteiger partial charge in [0.2, 0.25) is 0 Å². The fourth-order valence-corrected chi connectivity index (χ4v) is 1.45. The average Bonchev–Trinajstić information content (AvgIpc) is 2.40. The summed E-state index contributed by atoms with van der Waals surface area (Å²) in [5, 5.41) is 8.59. The van der Waals surface area contributed by atoms with E-state index in [-0.39, 0.29) is 7.69 Å². The highest BCUT2D eigenvalue weighted by Gasteiger charge is 1.97. The maximum absolute atomic E-state index is 8.59. The van der Waals surface area contributed by atoms with Gasteiger partial charge in [0.05, 0.1) is 0 Å². The molecule has 2 aromatic carbocycles. The molecule has 0 bridgehead atoms. The van der Waals surface area contributed by atoms with Crippen molar-refractivity contribution in [2.45, 2.75) is 6.61 Å². The molecule has 0 radical (unpaired) electrons. The van der Waals surface area contributed by atoms with Crippen LogP contribution in [0.1, 0.15) is 5.56 Å². The lowest BCUT2D eigenvalue weighted by molar-refractivity contribution is 0.306. The summed E-state index contributed by atoms with van der Waals surface area (Å²) in [7, 11) is -0.315. The van der Waals surface area contributed by atoms with Gasteiger partial charge in [0.25, 0.3) is 0 Å². The standard InChI is InChI=1S/C13H13BO3/c15-14-17-13-8-6-12(7-9-13)16-10-11-4-2-1-3-5-11/h1-9,14-15H,10H2. The highest BCUT2D eigenvalue weighted by atomic mass is 16.5. The molecule has 0 saturated heterocycles. The number of rotatable bonds is 5. The minimum Gasteiger partial charge on any atom is -0.539 e. The van der Waals surface area contributed by atoms with Gasteiger partial charge in [0.15, 0.2) is 0 Å². The van der Waals surface area contributed by atoms with Gasteiger partial charge in [0, 0.05) is 0 Å². The van der Waals surface area contributed by atoms with E-state index in [0.29, 0.717) is 12.4 Å². The summed E-state index contributed by atoms with van der Waals surface area (Å²) in [6, 6.07) is 17.1. The van der Waals surface area contributed by atoms with Crippen molar-refractivity contribution in [3.05, 3.63) is 60.2 Å². The summed E-state index contributed by atoms with van der Waals surface area (Å²) in [6.07, 6.45) is 0. The van der Waals surface area contributed by atoms with Gasteiger partial charge in [-0.3, -0.25) is 0 Å². The molecule has 2 rings (SSSR count). The van der Waals surface area contributed by atoms with E-state index >= 15 is 0 Å². The minimum atomic E-state index is -0.315. The maximum atomic E-state index is 8.59. The number of benzene rings is 2. The second kappa shape index (κ2) is 5.96. The highest BCUT2D eigenvalue weighted by Crippen LogP contribution is 2.18. The summed E-state index contributed by atoms with van der Waals surface area (Å²) >= 11 is 0. The average molecular weight is 228 g/mol. The van der Waals surface area contributed by atoms with E-state index < -0.39 is 0 Å². The Morgan fingerprint density at radius 2 is 1.53 bits per heavy atom. The summed E-state index contributed by atoms with van der Waals surface area (Å²) < 4.78 is 10.5. The van der Waals surface area contributed by atoms with Gasteiger partial charge in [-0.1, -0.05) is 30.3 Å². The molecule has 86 valence electrons. The van der Waals surface area contributed by atoms with Crippen molar-refractivity contribution in [1.29, 1.82) is 0 Å². The van der Waals surface area contributed by atoms with E-state index in [1.54, 1.807) is 12.1 Å². The number of ether oxygens (including phenoxy) is 1. The van der Waals surface area contributed by atoms with E-state index in [2.05, 4.69) is 0 Å². The molecular formula is C13H13BO3. The van der Waals surface area contributed by atoms with Crippen LogP contribution in [0.2, 0.25) is 0 Å². The molecule has 0 spiro atoms. The quantitative estimate of drug-likeness (QED) is 0.794. The lowest BCUT2D eigenvalue weighted by atomic mass is 10.2. The van der Waals surface area contributed by atoms with Crippen molar-refractivity contribution in [3.63, 3.8) is 0 Å². The smallest absolute Gasteiger partial charge is 0.504 e. The molecule has 0 aliphatic carbocycles. The van der Waals surface area contributed by atoms with Gasteiger partial charge in [-0.15, -0.1) is 0 Å². The van der Waals surface area contributed by atoms with Crippen LogP contribution in [0.4, 0.5) is 0 Å². The third-order valence-electron chi connectivity index (χ3n) is 2.30. The van der Waals surface area contributed by atoms with Gasteiger partial charge in [0.1, 0.15) is 18.1 Å². The lowest BCUT2D eigenvalue weighted by Gasteiger charge is -2.07. The molecule has 0 aliphatic rings. The van der Waals surface area contributed by atoms with Crippen LogP contribution in [-0.4, -0.2) is 12.7 Å².